The number of aromatic nitrogens is 2. The molecule has 0 aliphatic carbocycles. The van der Waals surface area contributed by atoms with Crippen molar-refractivity contribution in [1.82, 2.24) is 10.2 Å². The van der Waals surface area contributed by atoms with Crippen molar-refractivity contribution >= 4 is 28.9 Å². The number of carbonyl (C=O) groups is 1. The first-order chi connectivity index (χ1) is 8.74. The van der Waals surface area contributed by atoms with E-state index in [0.717, 1.165) is 11.1 Å². The molecule has 1 aromatic carbocycles. The Kier molecular flexibility index (Phi) is 2.60. The van der Waals surface area contributed by atoms with Gasteiger partial charge in [0.2, 0.25) is 5.91 Å². The molecule has 2 N–H and O–H groups in total. The number of carbonyl (C=O) groups excluding carboxylic acids is 1. The summed E-state index contributed by atoms with van der Waals surface area (Å²) in [6.07, 6.45) is 3.40. The summed E-state index contributed by atoms with van der Waals surface area (Å²) in [7, 11) is 0. The van der Waals surface area contributed by atoms with Crippen LogP contribution in [0.3, 0.4) is 0 Å². The summed E-state index contributed by atoms with van der Waals surface area (Å²) in [5, 5.41) is 10.0. The predicted molar refractivity (Wildman–Crippen MR) is 69.2 cm³/mol. The van der Waals surface area contributed by atoms with Gasteiger partial charge in [-0.25, -0.2) is 0 Å². The highest BCUT2D eigenvalue weighted by Crippen LogP contribution is 2.25. The number of hydrogen-bond donors (Lipinski definition) is 2. The molecule has 0 radical (unpaired) electrons. The van der Waals surface area contributed by atoms with Crippen LogP contribution in [0.25, 0.3) is 0 Å². The van der Waals surface area contributed by atoms with Gasteiger partial charge in [-0.2, -0.15) is 5.10 Å². The zero-order valence-corrected chi connectivity index (χ0v) is 10.0. The van der Waals surface area contributed by atoms with E-state index in [1.807, 2.05) is 0 Å². The summed E-state index contributed by atoms with van der Waals surface area (Å²) in [6.45, 7) is 0.0901. The Hall–Kier alpha value is -2.14. The fourth-order valence-corrected chi connectivity index (χ4v) is 2.05. The maximum Gasteiger partial charge on any atom is 0.246 e. The lowest BCUT2D eigenvalue weighted by molar-refractivity contribution is -0.114. The van der Waals surface area contributed by atoms with Crippen LogP contribution >= 0.6 is 11.6 Å². The van der Waals surface area contributed by atoms with E-state index in [9.17, 15) is 4.79 Å². The standard InChI is InChI=1S/C12H9ClN4O/c13-8-1-2-10-9(3-8)12(7-4-15-16-5-7)14-6-11(18)17-10/h1-5H,6H2,(H,15,16)(H,17,18). The van der Waals surface area contributed by atoms with Gasteiger partial charge in [0.05, 0.1) is 17.6 Å². The van der Waals surface area contributed by atoms with Gasteiger partial charge in [-0.1, -0.05) is 11.6 Å². The number of H-pyrrole nitrogens is 1. The topological polar surface area (TPSA) is 70.1 Å². The number of aromatic amines is 1. The van der Waals surface area contributed by atoms with E-state index in [-0.39, 0.29) is 12.5 Å². The second-order valence-corrected chi connectivity index (χ2v) is 4.33. The van der Waals surface area contributed by atoms with Crippen LogP contribution in [0.1, 0.15) is 11.1 Å². The minimum absolute atomic E-state index is 0.0901. The van der Waals surface area contributed by atoms with E-state index < -0.39 is 0 Å². The molecule has 1 aromatic heterocycles. The molecule has 0 fully saturated rings. The normalized spacial score (nSPS) is 14.5. The second kappa shape index (κ2) is 4.27. The number of fused-ring (bicyclic) bond motifs is 1. The molecule has 90 valence electrons. The Morgan fingerprint density at radius 1 is 1.33 bits per heavy atom. The third-order valence-corrected chi connectivity index (χ3v) is 2.90. The van der Waals surface area contributed by atoms with E-state index in [4.69, 9.17) is 11.6 Å². The van der Waals surface area contributed by atoms with Crippen LogP contribution in [0.4, 0.5) is 5.69 Å². The fourth-order valence-electron chi connectivity index (χ4n) is 1.87. The molecule has 0 saturated carbocycles. The van der Waals surface area contributed by atoms with Gasteiger partial charge in [0.1, 0.15) is 6.54 Å². The number of benzene rings is 1. The maximum atomic E-state index is 11.6. The summed E-state index contributed by atoms with van der Waals surface area (Å²) in [4.78, 5) is 15.9. The molecule has 2 aromatic rings. The molecule has 0 unspecified atom stereocenters. The van der Waals surface area contributed by atoms with Crippen molar-refractivity contribution in [2.45, 2.75) is 0 Å². The maximum absolute atomic E-state index is 11.6. The fraction of sp³-hybridized carbons (Fsp3) is 0.0833. The first kappa shape index (κ1) is 11.0. The highest BCUT2D eigenvalue weighted by molar-refractivity contribution is 6.31. The molecule has 3 rings (SSSR count). The molecular weight excluding hydrogens is 252 g/mol. The summed E-state index contributed by atoms with van der Waals surface area (Å²) in [5.74, 6) is -0.142. The van der Waals surface area contributed by atoms with Crippen LogP contribution in [0.2, 0.25) is 5.02 Å². The molecule has 1 amide bonds. The summed E-state index contributed by atoms with van der Waals surface area (Å²) >= 11 is 6.00. The van der Waals surface area contributed by atoms with Crippen LogP contribution in [0.15, 0.2) is 35.6 Å². The molecule has 0 bridgehead atoms. The van der Waals surface area contributed by atoms with Crippen molar-refractivity contribution < 1.29 is 4.79 Å². The molecule has 2 heterocycles. The average molecular weight is 261 g/mol. The molecule has 1 aliphatic heterocycles. The largest absolute Gasteiger partial charge is 0.324 e. The molecule has 18 heavy (non-hydrogen) atoms. The lowest BCUT2D eigenvalue weighted by Gasteiger charge is -2.08. The van der Waals surface area contributed by atoms with Gasteiger partial charge in [0, 0.05) is 22.3 Å². The van der Waals surface area contributed by atoms with Crippen molar-refractivity contribution in [3.8, 4) is 0 Å². The Labute approximate surface area is 108 Å². The van der Waals surface area contributed by atoms with E-state index in [0.29, 0.717) is 16.4 Å². The Bertz CT molecular complexity index is 634. The van der Waals surface area contributed by atoms with Crippen molar-refractivity contribution in [3.05, 3.63) is 46.7 Å². The van der Waals surface area contributed by atoms with Gasteiger partial charge in [0.15, 0.2) is 0 Å². The molecule has 5 nitrogen and oxygen atoms in total. The van der Waals surface area contributed by atoms with Gasteiger partial charge in [-0.05, 0) is 18.2 Å². The Balaban J connectivity index is 2.20. The van der Waals surface area contributed by atoms with Gasteiger partial charge in [-0.3, -0.25) is 14.9 Å². The molecule has 0 atom stereocenters. The van der Waals surface area contributed by atoms with E-state index in [1.54, 1.807) is 30.6 Å². The Morgan fingerprint density at radius 3 is 3.00 bits per heavy atom. The van der Waals surface area contributed by atoms with Crippen LogP contribution < -0.4 is 5.32 Å². The summed E-state index contributed by atoms with van der Waals surface area (Å²) < 4.78 is 0. The van der Waals surface area contributed by atoms with E-state index in [2.05, 4.69) is 20.5 Å². The first-order valence-electron chi connectivity index (χ1n) is 5.37. The van der Waals surface area contributed by atoms with Gasteiger partial charge < -0.3 is 5.32 Å². The van der Waals surface area contributed by atoms with Crippen molar-refractivity contribution in [2.24, 2.45) is 4.99 Å². The zero-order chi connectivity index (χ0) is 12.5. The molecule has 6 heteroatoms. The van der Waals surface area contributed by atoms with Crippen LogP contribution in [0.5, 0.6) is 0 Å². The number of rotatable bonds is 1. The number of aliphatic imine (C=N–C) groups is 1. The highest BCUT2D eigenvalue weighted by atomic mass is 35.5. The number of anilines is 1. The molecular formula is C12H9ClN4O. The molecule has 1 aliphatic rings. The summed E-state index contributed by atoms with van der Waals surface area (Å²) in [5.41, 5.74) is 3.05. The van der Waals surface area contributed by atoms with Crippen LogP contribution in [0, 0.1) is 0 Å². The number of nitrogens with zero attached hydrogens (tertiary/aromatic N) is 2. The van der Waals surface area contributed by atoms with Gasteiger partial charge in [-0.15, -0.1) is 0 Å². The van der Waals surface area contributed by atoms with E-state index >= 15 is 0 Å². The number of hydrogen-bond acceptors (Lipinski definition) is 3. The number of benzodiazepines with no additional fused rings is 1. The molecule has 0 spiro atoms. The number of nitrogens with one attached hydrogen (secondary N) is 2. The summed E-state index contributed by atoms with van der Waals surface area (Å²) in [6, 6.07) is 5.30. The van der Waals surface area contributed by atoms with Crippen LogP contribution in [-0.2, 0) is 4.79 Å². The van der Waals surface area contributed by atoms with Crippen molar-refractivity contribution in [3.63, 3.8) is 0 Å². The smallest absolute Gasteiger partial charge is 0.246 e. The first-order valence-corrected chi connectivity index (χ1v) is 5.75. The number of halogens is 1. The monoisotopic (exact) mass is 260 g/mol. The van der Waals surface area contributed by atoms with Crippen molar-refractivity contribution in [2.75, 3.05) is 11.9 Å². The SMILES string of the molecule is O=C1CN=C(c2cn[nH]c2)c2cc(Cl)ccc2N1. The third kappa shape index (κ3) is 1.89. The zero-order valence-electron chi connectivity index (χ0n) is 9.27. The molecule has 0 saturated heterocycles. The second-order valence-electron chi connectivity index (χ2n) is 3.89. The minimum atomic E-state index is -0.142. The third-order valence-electron chi connectivity index (χ3n) is 2.66. The quantitative estimate of drug-likeness (QED) is 0.822. The van der Waals surface area contributed by atoms with Gasteiger partial charge >= 0.3 is 0 Å². The lowest BCUT2D eigenvalue weighted by atomic mass is 10.0. The Morgan fingerprint density at radius 2 is 2.22 bits per heavy atom. The number of amides is 1. The average Bonchev–Trinajstić information content (AvgIpc) is 2.81. The van der Waals surface area contributed by atoms with Crippen LogP contribution in [-0.4, -0.2) is 28.4 Å². The predicted octanol–water partition coefficient (Wildman–Crippen LogP) is 1.85. The minimum Gasteiger partial charge on any atom is -0.324 e. The highest BCUT2D eigenvalue weighted by Gasteiger charge is 2.18. The van der Waals surface area contributed by atoms with Crippen molar-refractivity contribution in [1.29, 1.82) is 0 Å². The van der Waals surface area contributed by atoms with Gasteiger partial charge in [0.25, 0.3) is 0 Å². The lowest BCUT2D eigenvalue weighted by Crippen LogP contribution is -2.13. The van der Waals surface area contributed by atoms with E-state index in [1.165, 1.54) is 0 Å².